The van der Waals surface area contributed by atoms with E-state index in [-0.39, 0.29) is 30.9 Å². The van der Waals surface area contributed by atoms with Crippen LogP contribution in [0.5, 0.6) is 0 Å². The molecular formula is C29H26F3N3O4. The van der Waals surface area contributed by atoms with Gasteiger partial charge in [0.15, 0.2) is 23.2 Å². The van der Waals surface area contributed by atoms with Crippen molar-refractivity contribution in [2.45, 2.75) is 25.3 Å². The highest BCUT2D eigenvalue weighted by atomic mass is 19.2. The van der Waals surface area contributed by atoms with Crippen molar-refractivity contribution in [2.75, 3.05) is 18.5 Å². The van der Waals surface area contributed by atoms with Crippen LogP contribution in [0.15, 0.2) is 60.7 Å². The molecule has 0 bridgehead atoms. The summed E-state index contributed by atoms with van der Waals surface area (Å²) in [7, 11) is 0. The zero-order valence-corrected chi connectivity index (χ0v) is 20.8. The lowest BCUT2D eigenvalue weighted by Gasteiger charge is -2.14. The number of carbonyl (C=O) groups excluding carboxylic acids is 3. The van der Waals surface area contributed by atoms with Crippen LogP contribution in [0, 0.1) is 29.3 Å². The zero-order valence-electron chi connectivity index (χ0n) is 20.8. The van der Waals surface area contributed by atoms with Crippen LogP contribution in [0.2, 0.25) is 0 Å². The number of hydrogen-bond donors (Lipinski definition) is 4. The molecule has 0 aliphatic rings. The molecule has 7 nitrogen and oxygen atoms in total. The van der Waals surface area contributed by atoms with Gasteiger partial charge in [0.25, 0.3) is 5.91 Å². The van der Waals surface area contributed by atoms with E-state index in [1.807, 2.05) is 0 Å². The molecule has 3 rings (SSSR count). The van der Waals surface area contributed by atoms with Crippen molar-refractivity contribution in [3.63, 3.8) is 0 Å². The second kappa shape index (κ2) is 13.9. The molecule has 5 N–H and O–H groups in total. The number of aryl methyl sites for hydroxylation is 1. The van der Waals surface area contributed by atoms with Gasteiger partial charge in [-0.25, -0.2) is 13.2 Å². The van der Waals surface area contributed by atoms with Crippen LogP contribution in [0.25, 0.3) is 0 Å². The summed E-state index contributed by atoms with van der Waals surface area (Å²) in [5, 5.41) is 14.1. The molecule has 1 atom stereocenters. The molecule has 2 amide bonds. The Bertz CT molecular complexity index is 1380. The first-order valence-corrected chi connectivity index (χ1v) is 12.0. The fourth-order valence-electron chi connectivity index (χ4n) is 3.54. The number of nitrogens with two attached hydrogens (primary N) is 1. The summed E-state index contributed by atoms with van der Waals surface area (Å²) in [4.78, 5) is 36.0. The van der Waals surface area contributed by atoms with Gasteiger partial charge in [-0.3, -0.25) is 14.4 Å². The van der Waals surface area contributed by atoms with E-state index < -0.39 is 41.8 Å². The number of amides is 2. The third kappa shape index (κ3) is 8.53. The van der Waals surface area contributed by atoms with E-state index in [4.69, 9.17) is 10.8 Å². The minimum Gasteiger partial charge on any atom is -0.388 e. The highest BCUT2D eigenvalue weighted by Crippen LogP contribution is 2.16. The first-order valence-electron chi connectivity index (χ1n) is 12.0. The summed E-state index contributed by atoms with van der Waals surface area (Å²) in [6.45, 7) is -0.839. The van der Waals surface area contributed by atoms with Gasteiger partial charge in [-0.15, -0.1) is 0 Å². The van der Waals surface area contributed by atoms with Gasteiger partial charge in [-0.1, -0.05) is 11.8 Å². The summed E-state index contributed by atoms with van der Waals surface area (Å²) in [5.74, 6) is 0.570. The normalized spacial score (nSPS) is 11.2. The molecule has 0 radical (unpaired) electrons. The second-order valence-electron chi connectivity index (χ2n) is 8.57. The fraction of sp³-hybridized carbons (Fsp3) is 0.207. The molecule has 0 fully saturated rings. The van der Waals surface area contributed by atoms with Crippen LogP contribution in [0.3, 0.4) is 0 Å². The number of halogens is 3. The maximum absolute atomic E-state index is 13.3. The van der Waals surface area contributed by atoms with Gasteiger partial charge in [0.05, 0.1) is 0 Å². The summed E-state index contributed by atoms with van der Waals surface area (Å²) in [6, 6.07) is 14.1. The Morgan fingerprint density at radius 2 is 1.46 bits per heavy atom. The second-order valence-corrected chi connectivity index (χ2v) is 8.57. The standard InChI is InChI=1S/C29H26F3N3O4/c30-23-14-20(15-24(31)28(23)32)2-1-3-27(38)34-22-12-8-19(9-13-22)5-4-18-6-10-21(11-7-18)29(39)35-25(16-33)26(37)17-36/h6-15,25,36H,1-3,16-17,33H2,(H,34,38)(H,35,39)/t25-/m0/s1. The zero-order chi connectivity index (χ0) is 28.4. The predicted octanol–water partition coefficient (Wildman–Crippen LogP) is 3.08. The Kier molecular flexibility index (Phi) is 10.4. The molecule has 0 aromatic heterocycles. The summed E-state index contributed by atoms with van der Waals surface area (Å²) >= 11 is 0. The Hall–Kier alpha value is -4.46. The first kappa shape index (κ1) is 29.1. The van der Waals surface area contributed by atoms with Gasteiger partial charge in [-0.05, 0) is 79.1 Å². The molecule has 0 saturated heterocycles. The molecule has 0 unspecified atom stereocenters. The number of carbonyl (C=O) groups is 3. The quantitative estimate of drug-likeness (QED) is 0.234. The number of hydrogen-bond acceptors (Lipinski definition) is 5. The van der Waals surface area contributed by atoms with E-state index in [9.17, 15) is 27.6 Å². The van der Waals surface area contributed by atoms with Crippen LogP contribution >= 0.6 is 0 Å². The van der Waals surface area contributed by atoms with Gasteiger partial charge in [-0.2, -0.15) is 0 Å². The largest absolute Gasteiger partial charge is 0.388 e. The van der Waals surface area contributed by atoms with Crippen LogP contribution in [0.1, 0.15) is 39.9 Å². The smallest absolute Gasteiger partial charge is 0.251 e. The molecular weight excluding hydrogens is 511 g/mol. The van der Waals surface area contributed by atoms with Crippen molar-refractivity contribution in [1.82, 2.24) is 5.32 Å². The van der Waals surface area contributed by atoms with Crippen molar-refractivity contribution in [3.8, 4) is 11.8 Å². The maximum Gasteiger partial charge on any atom is 0.251 e. The highest BCUT2D eigenvalue weighted by Gasteiger charge is 2.19. The number of aliphatic hydroxyl groups is 1. The van der Waals surface area contributed by atoms with Gasteiger partial charge in [0.1, 0.15) is 12.6 Å². The number of ketones is 1. The van der Waals surface area contributed by atoms with Crippen molar-refractivity contribution in [1.29, 1.82) is 0 Å². The lowest BCUT2D eigenvalue weighted by molar-refractivity contribution is -0.123. The van der Waals surface area contributed by atoms with Crippen LogP contribution < -0.4 is 16.4 Å². The molecule has 3 aromatic rings. The molecule has 39 heavy (non-hydrogen) atoms. The minimum atomic E-state index is -1.51. The Morgan fingerprint density at radius 1 is 0.897 bits per heavy atom. The molecule has 0 spiro atoms. The molecule has 10 heteroatoms. The van der Waals surface area contributed by atoms with Crippen molar-refractivity contribution in [3.05, 3.63) is 100 Å². The summed E-state index contributed by atoms with van der Waals surface area (Å²) in [6.07, 6.45) is 0.662. The topological polar surface area (TPSA) is 122 Å². The number of rotatable bonds is 10. The average Bonchev–Trinajstić information content (AvgIpc) is 2.94. The molecule has 3 aromatic carbocycles. The lowest BCUT2D eigenvalue weighted by Crippen LogP contribution is -2.46. The average molecular weight is 538 g/mol. The lowest BCUT2D eigenvalue weighted by atomic mass is 10.1. The van der Waals surface area contributed by atoms with Crippen molar-refractivity contribution >= 4 is 23.3 Å². The number of anilines is 1. The Labute approximate surface area is 223 Å². The molecule has 202 valence electrons. The van der Waals surface area contributed by atoms with Crippen molar-refractivity contribution < 1.29 is 32.7 Å². The minimum absolute atomic E-state index is 0.112. The predicted molar refractivity (Wildman–Crippen MR) is 139 cm³/mol. The van der Waals surface area contributed by atoms with E-state index in [1.54, 1.807) is 48.5 Å². The van der Waals surface area contributed by atoms with Gasteiger partial charge >= 0.3 is 0 Å². The van der Waals surface area contributed by atoms with E-state index in [0.717, 1.165) is 12.1 Å². The highest BCUT2D eigenvalue weighted by molar-refractivity contribution is 5.98. The number of aliphatic hydroxyl groups excluding tert-OH is 1. The Balaban J connectivity index is 1.49. The monoisotopic (exact) mass is 537 g/mol. The van der Waals surface area contributed by atoms with E-state index in [2.05, 4.69) is 22.5 Å². The third-order valence-corrected chi connectivity index (χ3v) is 5.67. The summed E-state index contributed by atoms with van der Waals surface area (Å²) < 4.78 is 39.6. The third-order valence-electron chi connectivity index (χ3n) is 5.67. The van der Waals surface area contributed by atoms with Crippen LogP contribution in [0.4, 0.5) is 18.9 Å². The van der Waals surface area contributed by atoms with E-state index in [1.165, 1.54) is 0 Å². The molecule has 0 aliphatic carbocycles. The number of Topliss-reactive ketones (excluding diaryl/α,β-unsaturated/α-hetero) is 1. The van der Waals surface area contributed by atoms with Gasteiger partial charge < -0.3 is 21.5 Å². The van der Waals surface area contributed by atoms with Gasteiger partial charge in [0, 0.05) is 35.3 Å². The number of benzene rings is 3. The van der Waals surface area contributed by atoms with Crippen molar-refractivity contribution in [2.24, 2.45) is 5.73 Å². The number of nitrogens with one attached hydrogen (secondary N) is 2. The molecule has 0 heterocycles. The first-order chi connectivity index (χ1) is 18.7. The maximum atomic E-state index is 13.3. The van der Waals surface area contributed by atoms with Gasteiger partial charge in [0.2, 0.25) is 5.91 Å². The molecule has 0 aliphatic heterocycles. The van der Waals surface area contributed by atoms with Crippen LogP contribution in [-0.4, -0.2) is 41.9 Å². The fourth-order valence-corrected chi connectivity index (χ4v) is 3.54. The summed E-state index contributed by atoms with van der Waals surface area (Å²) in [5.41, 5.74) is 7.92. The SMILES string of the molecule is NC[C@H](NC(=O)c1ccc(C#Cc2ccc(NC(=O)CCCc3cc(F)c(F)c(F)c3)cc2)cc1)C(=O)CO. The van der Waals surface area contributed by atoms with Crippen LogP contribution in [-0.2, 0) is 16.0 Å². The van der Waals surface area contributed by atoms with E-state index >= 15 is 0 Å². The molecule has 0 saturated carbocycles. The van der Waals surface area contributed by atoms with E-state index in [0.29, 0.717) is 28.8 Å². The Morgan fingerprint density at radius 3 is 2.00 bits per heavy atom.